The van der Waals surface area contributed by atoms with Crippen LogP contribution in [0.15, 0.2) is 82.2 Å². The Labute approximate surface area is 183 Å². The van der Waals surface area contributed by atoms with E-state index >= 15 is 0 Å². The molecule has 0 atom stereocenters. The van der Waals surface area contributed by atoms with E-state index in [9.17, 15) is 14.9 Å². The number of hydrogen-bond acceptors (Lipinski definition) is 6. The van der Waals surface area contributed by atoms with Gasteiger partial charge in [0.05, 0.1) is 12.0 Å². The first-order valence-electron chi connectivity index (χ1n) is 9.72. The Morgan fingerprint density at radius 2 is 1.88 bits per heavy atom. The maximum atomic E-state index is 13.2. The minimum absolute atomic E-state index is 0.0565. The van der Waals surface area contributed by atoms with E-state index in [4.69, 9.17) is 9.15 Å². The number of carbonyl (C=O) groups excluding carboxylic acids is 1. The fourth-order valence-corrected chi connectivity index (χ4v) is 3.23. The third-order valence-electron chi connectivity index (χ3n) is 4.77. The summed E-state index contributed by atoms with van der Waals surface area (Å²) in [6, 6.07) is 20.1. The second kappa shape index (κ2) is 8.73. The Morgan fingerprint density at radius 3 is 2.62 bits per heavy atom. The van der Waals surface area contributed by atoms with Gasteiger partial charge < -0.3 is 14.5 Å². The Bertz CT molecular complexity index is 1410. The molecule has 1 N–H and O–H groups in total. The minimum atomic E-state index is -0.501. The lowest BCUT2D eigenvalue weighted by Gasteiger charge is -2.08. The number of nitro benzene ring substituents is 1. The van der Waals surface area contributed by atoms with Crippen LogP contribution < -0.4 is 15.6 Å². The van der Waals surface area contributed by atoms with Gasteiger partial charge in [-0.1, -0.05) is 24.3 Å². The van der Waals surface area contributed by atoms with E-state index in [0.717, 1.165) is 5.56 Å². The molecule has 0 saturated carbocycles. The minimum Gasteiger partial charge on any atom is -0.494 e. The molecule has 0 fully saturated rings. The highest BCUT2D eigenvalue weighted by Gasteiger charge is 2.16. The first kappa shape index (κ1) is 20.8. The van der Waals surface area contributed by atoms with Crippen LogP contribution in [0.4, 0.5) is 17.1 Å². The van der Waals surface area contributed by atoms with Gasteiger partial charge in [0, 0.05) is 23.2 Å². The van der Waals surface area contributed by atoms with Crippen LogP contribution in [0.25, 0.3) is 11.0 Å². The zero-order valence-corrected chi connectivity index (χ0v) is 17.4. The van der Waals surface area contributed by atoms with Crippen molar-refractivity contribution in [1.82, 2.24) is 0 Å². The molecule has 4 aromatic rings. The lowest BCUT2D eigenvalue weighted by Crippen LogP contribution is -2.21. The Hall–Kier alpha value is -4.46. The summed E-state index contributed by atoms with van der Waals surface area (Å²) < 4.78 is 11.3. The van der Waals surface area contributed by atoms with Gasteiger partial charge in [-0.3, -0.25) is 14.9 Å². The Kier molecular flexibility index (Phi) is 5.67. The van der Waals surface area contributed by atoms with Crippen molar-refractivity contribution in [3.8, 4) is 5.75 Å². The lowest BCUT2D eigenvalue weighted by molar-refractivity contribution is -0.384. The summed E-state index contributed by atoms with van der Waals surface area (Å²) in [7, 11) is 1.52. The molecule has 0 aliphatic heterocycles. The summed E-state index contributed by atoms with van der Waals surface area (Å²) in [5, 5.41) is 14.4. The standard InChI is InChI=1S/C24H19N3O5/c1-15-6-5-7-17(12-15)25-23(28)19-14-16-13-18(27(29)30)10-11-21(16)32-24(19)26-20-8-3-4-9-22(20)31-2/h3-14H,1-2H3,(H,25,28). The summed E-state index contributed by atoms with van der Waals surface area (Å²) in [5.41, 5.74) is 2.51. The van der Waals surface area contributed by atoms with Crippen molar-refractivity contribution in [2.75, 3.05) is 12.4 Å². The zero-order valence-electron chi connectivity index (χ0n) is 17.4. The second-order valence-corrected chi connectivity index (χ2v) is 7.05. The second-order valence-electron chi connectivity index (χ2n) is 7.05. The lowest BCUT2D eigenvalue weighted by atomic mass is 10.1. The molecule has 8 heteroatoms. The topological polar surface area (TPSA) is 107 Å². The number of fused-ring (bicyclic) bond motifs is 1. The van der Waals surface area contributed by atoms with E-state index in [2.05, 4.69) is 10.3 Å². The largest absolute Gasteiger partial charge is 0.494 e. The van der Waals surface area contributed by atoms with Gasteiger partial charge in [0.1, 0.15) is 22.6 Å². The van der Waals surface area contributed by atoms with Crippen LogP contribution in [0.1, 0.15) is 15.9 Å². The molecule has 0 saturated heterocycles. The molecule has 0 spiro atoms. The van der Waals surface area contributed by atoms with Crippen LogP contribution in [0.5, 0.6) is 5.75 Å². The number of nitro groups is 1. The highest BCUT2D eigenvalue weighted by molar-refractivity contribution is 6.05. The Morgan fingerprint density at radius 1 is 1.06 bits per heavy atom. The maximum Gasteiger partial charge on any atom is 0.270 e. The van der Waals surface area contributed by atoms with Crippen molar-refractivity contribution in [3.63, 3.8) is 0 Å². The van der Waals surface area contributed by atoms with Crippen molar-refractivity contribution in [2.24, 2.45) is 4.99 Å². The summed E-state index contributed by atoms with van der Waals surface area (Å²) in [4.78, 5) is 28.3. The molecule has 0 bridgehead atoms. The predicted molar refractivity (Wildman–Crippen MR) is 120 cm³/mol. The highest BCUT2D eigenvalue weighted by atomic mass is 16.6. The van der Waals surface area contributed by atoms with Gasteiger partial charge in [-0.25, -0.2) is 4.99 Å². The molecule has 4 rings (SSSR count). The van der Waals surface area contributed by atoms with Gasteiger partial charge in [-0.15, -0.1) is 0 Å². The van der Waals surface area contributed by atoms with Gasteiger partial charge in [0.15, 0.2) is 0 Å². The van der Waals surface area contributed by atoms with E-state index in [-0.39, 0.29) is 16.8 Å². The third-order valence-corrected chi connectivity index (χ3v) is 4.77. The molecule has 0 radical (unpaired) electrons. The number of amides is 1. The van der Waals surface area contributed by atoms with Crippen LogP contribution >= 0.6 is 0 Å². The normalized spacial score (nSPS) is 11.4. The number of nitrogens with zero attached hydrogens (tertiary/aromatic N) is 2. The van der Waals surface area contributed by atoms with E-state index in [1.807, 2.05) is 25.1 Å². The first-order valence-corrected chi connectivity index (χ1v) is 9.72. The Balaban J connectivity index is 1.90. The summed E-state index contributed by atoms with van der Waals surface area (Å²) in [6.45, 7) is 1.92. The molecule has 3 aromatic carbocycles. The number of benzene rings is 3. The fraction of sp³-hybridized carbons (Fsp3) is 0.0833. The molecule has 32 heavy (non-hydrogen) atoms. The van der Waals surface area contributed by atoms with Crippen LogP contribution in [-0.2, 0) is 0 Å². The summed E-state index contributed by atoms with van der Waals surface area (Å²) >= 11 is 0. The third kappa shape index (κ3) is 4.34. The molecule has 1 aromatic heterocycles. The molecule has 1 amide bonds. The number of anilines is 1. The number of non-ortho nitro benzene ring substituents is 1. The number of para-hydroxylation sites is 2. The SMILES string of the molecule is COc1ccccc1N=c1oc2ccc([N+](=O)[O-])cc2cc1C(=O)Nc1cccc(C)c1. The van der Waals surface area contributed by atoms with Gasteiger partial charge in [-0.2, -0.15) is 0 Å². The number of carbonyl (C=O) groups is 1. The molecule has 0 aliphatic carbocycles. The van der Waals surface area contributed by atoms with Crippen LogP contribution in [0.2, 0.25) is 0 Å². The average Bonchev–Trinajstić information content (AvgIpc) is 2.78. The van der Waals surface area contributed by atoms with Gasteiger partial charge >= 0.3 is 0 Å². The van der Waals surface area contributed by atoms with E-state index in [0.29, 0.717) is 28.1 Å². The molecular weight excluding hydrogens is 410 g/mol. The monoisotopic (exact) mass is 429 g/mol. The zero-order chi connectivity index (χ0) is 22.7. The van der Waals surface area contributed by atoms with Crippen LogP contribution in [0, 0.1) is 17.0 Å². The fourth-order valence-electron chi connectivity index (χ4n) is 3.23. The van der Waals surface area contributed by atoms with Crippen LogP contribution in [-0.4, -0.2) is 17.9 Å². The average molecular weight is 429 g/mol. The number of rotatable bonds is 5. The molecule has 8 nitrogen and oxygen atoms in total. The molecule has 0 aliphatic rings. The number of ether oxygens (including phenoxy) is 1. The number of hydrogen-bond donors (Lipinski definition) is 1. The number of aryl methyl sites for hydroxylation is 1. The molecule has 0 unspecified atom stereocenters. The van der Waals surface area contributed by atoms with Gasteiger partial charge in [0.2, 0.25) is 5.55 Å². The summed E-state index contributed by atoms with van der Waals surface area (Å²) in [5.74, 6) is 0.0537. The van der Waals surface area contributed by atoms with Crippen molar-refractivity contribution in [2.45, 2.75) is 6.92 Å². The van der Waals surface area contributed by atoms with Crippen molar-refractivity contribution in [1.29, 1.82) is 0 Å². The number of nitrogens with one attached hydrogen (secondary N) is 1. The molecular formula is C24H19N3O5. The van der Waals surface area contributed by atoms with E-state index in [1.165, 1.54) is 31.4 Å². The molecule has 160 valence electrons. The quantitative estimate of drug-likeness (QED) is 0.349. The first-order chi connectivity index (χ1) is 15.4. The molecule has 1 heterocycles. The van der Waals surface area contributed by atoms with Crippen molar-refractivity contribution in [3.05, 3.63) is 99.6 Å². The summed E-state index contributed by atoms with van der Waals surface area (Å²) in [6.07, 6.45) is 0. The van der Waals surface area contributed by atoms with E-state index in [1.54, 1.807) is 30.3 Å². The van der Waals surface area contributed by atoms with Crippen molar-refractivity contribution < 1.29 is 18.9 Å². The highest BCUT2D eigenvalue weighted by Crippen LogP contribution is 2.27. The van der Waals surface area contributed by atoms with Crippen molar-refractivity contribution >= 4 is 33.9 Å². The van der Waals surface area contributed by atoms with Gasteiger partial charge in [-0.05, 0) is 48.9 Å². The number of methoxy groups -OCH3 is 1. The van der Waals surface area contributed by atoms with Gasteiger partial charge in [0.25, 0.3) is 11.6 Å². The van der Waals surface area contributed by atoms with E-state index < -0.39 is 10.8 Å². The predicted octanol–water partition coefficient (Wildman–Crippen LogP) is 5.14. The maximum absolute atomic E-state index is 13.2. The van der Waals surface area contributed by atoms with Crippen LogP contribution in [0.3, 0.4) is 0 Å². The smallest absolute Gasteiger partial charge is 0.270 e.